The number of rotatable bonds is 1. The topological polar surface area (TPSA) is 41.9 Å². The molecule has 4 heteroatoms. The Kier molecular flexibility index (Phi) is 3.75. The monoisotopic (exact) mass is 358 g/mol. The van der Waals surface area contributed by atoms with Crippen LogP contribution in [0, 0.1) is 34.5 Å². The van der Waals surface area contributed by atoms with E-state index >= 15 is 0 Å². The number of carbonyl (C=O) groups is 1. The molecule has 0 aromatic carbocycles. The van der Waals surface area contributed by atoms with Crippen molar-refractivity contribution in [2.45, 2.75) is 71.3 Å². The Balaban J connectivity index is 1.43. The fourth-order valence-corrected chi connectivity index (χ4v) is 8.12. The molecule has 0 aromatic rings. The van der Waals surface area contributed by atoms with Gasteiger partial charge in [-0.25, -0.2) is 0 Å². The number of likely N-dealkylation sites (tertiary alicyclic amines) is 1. The maximum atomic E-state index is 12.3. The molecule has 4 fully saturated rings. The number of hydrogen-bond acceptors (Lipinski definition) is 3. The first kappa shape index (κ1) is 17.1. The predicted molar refractivity (Wildman–Crippen MR) is 102 cm³/mol. The Labute approximate surface area is 157 Å². The quantitative estimate of drug-likeness (QED) is 0.713. The van der Waals surface area contributed by atoms with Crippen LogP contribution in [0.25, 0.3) is 0 Å². The Morgan fingerprint density at radius 1 is 1.04 bits per heavy atom. The normalized spacial score (nSPS) is 50.6. The number of aliphatic imine (C=N–C) groups is 1. The molecule has 5 aliphatic rings. The highest BCUT2D eigenvalue weighted by atomic mass is 16.5. The van der Waals surface area contributed by atoms with Gasteiger partial charge in [0.2, 0.25) is 5.91 Å². The van der Waals surface area contributed by atoms with E-state index in [9.17, 15) is 4.79 Å². The molecule has 26 heavy (non-hydrogen) atoms. The van der Waals surface area contributed by atoms with Crippen LogP contribution in [0.3, 0.4) is 0 Å². The van der Waals surface area contributed by atoms with E-state index in [1.165, 1.54) is 38.5 Å². The minimum atomic E-state index is 0.326. The molecule has 0 aromatic heterocycles. The minimum Gasteiger partial charge on any atom is -0.479 e. The van der Waals surface area contributed by atoms with Crippen molar-refractivity contribution >= 4 is 11.8 Å². The van der Waals surface area contributed by atoms with Gasteiger partial charge in [-0.15, -0.1) is 0 Å². The summed E-state index contributed by atoms with van der Waals surface area (Å²) in [5.41, 5.74) is 0.705. The minimum absolute atomic E-state index is 0.326. The van der Waals surface area contributed by atoms with Gasteiger partial charge in [0, 0.05) is 25.4 Å². The van der Waals surface area contributed by atoms with E-state index in [1.807, 2.05) is 0 Å². The highest BCUT2D eigenvalue weighted by Gasteiger charge is 2.62. The van der Waals surface area contributed by atoms with E-state index in [-0.39, 0.29) is 0 Å². The molecule has 1 saturated heterocycles. The van der Waals surface area contributed by atoms with Crippen LogP contribution in [-0.4, -0.2) is 42.9 Å². The summed E-state index contributed by atoms with van der Waals surface area (Å²) >= 11 is 0. The van der Waals surface area contributed by atoms with Gasteiger partial charge >= 0.3 is 0 Å². The third-order valence-electron chi connectivity index (χ3n) is 9.46. The summed E-state index contributed by atoms with van der Waals surface area (Å²) in [5.74, 6) is 4.44. The van der Waals surface area contributed by atoms with Crippen LogP contribution in [0.5, 0.6) is 0 Å². The third-order valence-corrected chi connectivity index (χ3v) is 9.46. The average Bonchev–Trinajstić information content (AvgIpc) is 3.25. The van der Waals surface area contributed by atoms with Crippen molar-refractivity contribution < 1.29 is 9.53 Å². The van der Waals surface area contributed by atoms with Crippen LogP contribution in [0.15, 0.2) is 4.99 Å². The molecule has 2 heterocycles. The lowest BCUT2D eigenvalue weighted by Gasteiger charge is -2.61. The van der Waals surface area contributed by atoms with Crippen LogP contribution in [0.1, 0.15) is 65.2 Å². The number of amides is 1. The van der Waals surface area contributed by atoms with Crippen molar-refractivity contribution in [1.82, 2.24) is 4.90 Å². The Morgan fingerprint density at radius 2 is 1.85 bits per heavy atom. The lowest BCUT2D eigenvalue weighted by atomic mass is 9.47. The summed E-state index contributed by atoms with van der Waals surface area (Å²) in [6, 6.07) is 0.467. The summed E-state index contributed by atoms with van der Waals surface area (Å²) < 4.78 is 5.92. The van der Waals surface area contributed by atoms with Gasteiger partial charge < -0.3 is 9.64 Å². The Morgan fingerprint density at radius 3 is 2.62 bits per heavy atom. The van der Waals surface area contributed by atoms with Crippen molar-refractivity contribution in [2.24, 2.45) is 39.5 Å². The molecule has 0 spiro atoms. The largest absolute Gasteiger partial charge is 0.479 e. The fourth-order valence-electron chi connectivity index (χ4n) is 8.12. The first-order valence-corrected chi connectivity index (χ1v) is 10.9. The second kappa shape index (κ2) is 5.72. The number of piperidine rings is 1. The number of hydrogen-bond donors (Lipinski definition) is 0. The molecule has 7 atom stereocenters. The second-order valence-electron chi connectivity index (χ2n) is 10.2. The first-order chi connectivity index (χ1) is 12.4. The molecule has 0 bridgehead atoms. The summed E-state index contributed by atoms with van der Waals surface area (Å²) in [6.45, 7) is 6.70. The number of fused-ring (bicyclic) bond motifs is 5. The van der Waals surface area contributed by atoms with Crippen LogP contribution in [-0.2, 0) is 9.53 Å². The van der Waals surface area contributed by atoms with Gasteiger partial charge in [-0.1, -0.05) is 13.8 Å². The van der Waals surface area contributed by atoms with Gasteiger partial charge in [0.25, 0.3) is 0 Å². The molecule has 5 rings (SSSR count). The average molecular weight is 359 g/mol. The standard InChI is InChI=1S/C22H34N2O2/c1-21-10-8-16-14(15(21)5-6-17(21)20-23-12-13-26-20)4-7-18-22(16,2)11-9-19(25)24(18)3/h14-18H,4-13H2,1-3H3/t14-,15-,16-,17+,18+,21-,22+/m0/s1. The molecule has 144 valence electrons. The molecule has 2 aliphatic heterocycles. The van der Waals surface area contributed by atoms with E-state index in [2.05, 4.69) is 25.8 Å². The van der Waals surface area contributed by atoms with Crippen LogP contribution in [0.2, 0.25) is 0 Å². The summed E-state index contributed by atoms with van der Waals surface area (Å²) in [7, 11) is 2.05. The zero-order chi connectivity index (χ0) is 18.1. The summed E-state index contributed by atoms with van der Waals surface area (Å²) in [5, 5.41) is 0. The van der Waals surface area contributed by atoms with E-state index < -0.39 is 0 Å². The molecule has 3 saturated carbocycles. The van der Waals surface area contributed by atoms with Crippen molar-refractivity contribution in [3.05, 3.63) is 0 Å². The maximum absolute atomic E-state index is 12.3. The van der Waals surface area contributed by atoms with Crippen LogP contribution in [0.4, 0.5) is 0 Å². The van der Waals surface area contributed by atoms with Crippen LogP contribution >= 0.6 is 0 Å². The molecule has 3 aliphatic carbocycles. The van der Waals surface area contributed by atoms with Gasteiger partial charge in [0.05, 0.1) is 6.54 Å². The van der Waals surface area contributed by atoms with Crippen molar-refractivity contribution in [2.75, 3.05) is 20.2 Å². The second-order valence-corrected chi connectivity index (χ2v) is 10.2. The smallest absolute Gasteiger partial charge is 0.222 e. The Bertz CT molecular complexity index is 646. The molecular weight excluding hydrogens is 324 g/mol. The number of carbonyl (C=O) groups excluding carboxylic acids is 1. The molecule has 0 N–H and O–H groups in total. The van der Waals surface area contributed by atoms with Crippen molar-refractivity contribution in [3.63, 3.8) is 0 Å². The van der Waals surface area contributed by atoms with Crippen LogP contribution < -0.4 is 0 Å². The SMILES string of the molecule is CN1C(=O)CC[C@]2(C)[C@H]3CC[C@]4(C)[C@@H](C5=NCCO5)CC[C@H]4[C@@H]3CC[C@@H]12. The number of ether oxygens (including phenoxy) is 1. The third kappa shape index (κ3) is 2.13. The van der Waals surface area contributed by atoms with E-state index in [0.717, 1.165) is 49.6 Å². The highest BCUT2D eigenvalue weighted by molar-refractivity contribution is 5.81. The van der Waals surface area contributed by atoms with Gasteiger partial charge in [-0.2, -0.15) is 0 Å². The Hall–Kier alpha value is -1.06. The maximum Gasteiger partial charge on any atom is 0.222 e. The zero-order valence-electron chi connectivity index (χ0n) is 16.7. The fraction of sp³-hybridized carbons (Fsp3) is 0.909. The van der Waals surface area contributed by atoms with Gasteiger partial charge in [0.15, 0.2) is 5.90 Å². The summed E-state index contributed by atoms with van der Waals surface area (Å²) in [4.78, 5) is 19.1. The lowest BCUT2D eigenvalue weighted by Crippen LogP contribution is -2.61. The number of nitrogens with zero attached hydrogens (tertiary/aromatic N) is 2. The first-order valence-electron chi connectivity index (χ1n) is 10.9. The molecule has 1 amide bonds. The highest BCUT2D eigenvalue weighted by Crippen LogP contribution is 2.66. The zero-order valence-corrected chi connectivity index (χ0v) is 16.7. The lowest BCUT2D eigenvalue weighted by molar-refractivity contribution is -0.157. The van der Waals surface area contributed by atoms with Crippen molar-refractivity contribution in [1.29, 1.82) is 0 Å². The van der Waals surface area contributed by atoms with Crippen molar-refractivity contribution in [3.8, 4) is 0 Å². The van der Waals surface area contributed by atoms with Gasteiger partial charge in [0.1, 0.15) is 6.61 Å². The van der Waals surface area contributed by atoms with E-state index in [4.69, 9.17) is 9.73 Å². The molecule has 0 radical (unpaired) electrons. The van der Waals surface area contributed by atoms with E-state index in [0.29, 0.717) is 28.7 Å². The van der Waals surface area contributed by atoms with Gasteiger partial charge in [-0.3, -0.25) is 9.79 Å². The molecule has 4 nitrogen and oxygen atoms in total. The van der Waals surface area contributed by atoms with Gasteiger partial charge in [-0.05, 0) is 73.5 Å². The molecular formula is C22H34N2O2. The van der Waals surface area contributed by atoms with E-state index in [1.54, 1.807) is 0 Å². The predicted octanol–water partition coefficient (Wildman–Crippen LogP) is 3.89. The summed E-state index contributed by atoms with van der Waals surface area (Å²) in [6.07, 6.45) is 9.62. The molecule has 0 unspecified atom stereocenters.